The van der Waals surface area contributed by atoms with Gasteiger partial charge in [-0.15, -0.1) is 12.4 Å². The van der Waals surface area contributed by atoms with Crippen LogP contribution < -0.4 is 10.0 Å². The third kappa shape index (κ3) is 4.80. The minimum atomic E-state index is -3.45. The third-order valence-electron chi connectivity index (χ3n) is 4.26. The summed E-state index contributed by atoms with van der Waals surface area (Å²) in [7, 11) is -3.45. The van der Waals surface area contributed by atoms with E-state index >= 15 is 0 Å². The number of hydrogen-bond acceptors (Lipinski definition) is 3. The Bertz CT molecular complexity index is 745. The average Bonchev–Trinajstić information content (AvgIpc) is 3.09. The Kier molecular flexibility index (Phi) is 6.80. The highest BCUT2D eigenvalue weighted by atomic mass is 35.5. The van der Waals surface area contributed by atoms with Crippen LogP contribution in [0.4, 0.5) is 0 Å². The van der Waals surface area contributed by atoms with Crippen LogP contribution in [0.2, 0.25) is 0 Å². The van der Waals surface area contributed by atoms with E-state index in [4.69, 9.17) is 0 Å². The molecule has 1 saturated heterocycles. The standard InChI is InChI=1S/C18H22N2O2S.ClH/c21-23(22,20-12-10-15-9-11-19-14-15)18-8-4-7-17(13-18)16-5-2-1-3-6-16;/h1-8,13,15,19-20H,9-12,14H2;1H. The zero-order valence-corrected chi connectivity index (χ0v) is 15.1. The summed E-state index contributed by atoms with van der Waals surface area (Å²) in [5.41, 5.74) is 1.93. The van der Waals surface area contributed by atoms with Gasteiger partial charge in [0.25, 0.3) is 0 Å². The van der Waals surface area contributed by atoms with Gasteiger partial charge in [-0.25, -0.2) is 13.1 Å². The fourth-order valence-corrected chi connectivity index (χ4v) is 4.01. The molecule has 0 amide bonds. The Morgan fingerprint density at radius 3 is 2.50 bits per heavy atom. The molecule has 0 bridgehead atoms. The van der Waals surface area contributed by atoms with Gasteiger partial charge in [-0.05, 0) is 55.1 Å². The quantitative estimate of drug-likeness (QED) is 0.826. The lowest BCUT2D eigenvalue weighted by molar-refractivity contribution is 0.519. The molecule has 6 heteroatoms. The molecule has 1 atom stereocenters. The van der Waals surface area contributed by atoms with Crippen molar-refractivity contribution in [3.05, 3.63) is 54.6 Å². The van der Waals surface area contributed by atoms with Crippen LogP contribution >= 0.6 is 12.4 Å². The van der Waals surface area contributed by atoms with Crippen molar-refractivity contribution in [1.82, 2.24) is 10.0 Å². The maximum atomic E-state index is 12.5. The SMILES string of the molecule is Cl.O=S(=O)(NCCC1CCNC1)c1cccc(-c2ccccc2)c1. The molecule has 0 aliphatic carbocycles. The Morgan fingerprint density at radius 2 is 1.79 bits per heavy atom. The second kappa shape index (κ2) is 8.62. The molecule has 1 unspecified atom stereocenters. The van der Waals surface area contributed by atoms with Crippen LogP contribution in [0.5, 0.6) is 0 Å². The highest BCUT2D eigenvalue weighted by molar-refractivity contribution is 7.89. The van der Waals surface area contributed by atoms with Crippen molar-refractivity contribution in [2.45, 2.75) is 17.7 Å². The highest BCUT2D eigenvalue weighted by Gasteiger charge is 2.17. The van der Waals surface area contributed by atoms with E-state index in [1.54, 1.807) is 18.2 Å². The molecule has 4 nitrogen and oxygen atoms in total. The summed E-state index contributed by atoms with van der Waals surface area (Å²) in [6, 6.07) is 16.9. The van der Waals surface area contributed by atoms with E-state index in [1.165, 1.54) is 0 Å². The topological polar surface area (TPSA) is 58.2 Å². The van der Waals surface area contributed by atoms with E-state index in [9.17, 15) is 8.42 Å². The Hall–Kier alpha value is -1.40. The minimum Gasteiger partial charge on any atom is -0.316 e. The molecular weight excluding hydrogens is 344 g/mol. The van der Waals surface area contributed by atoms with E-state index in [0.717, 1.165) is 37.1 Å². The highest BCUT2D eigenvalue weighted by Crippen LogP contribution is 2.22. The first-order chi connectivity index (χ1) is 11.1. The summed E-state index contributed by atoms with van der Waals surface area (Å²) in [5, 5.41) is 3.30. The van der Waals surface area contributed by atoms with Crippen molar-refractivity contribution in [1.29, 1.82) is 0 Å². The number of benzene rings is 2. The number of sulfonamides is 1. The molecule has 1 aliphatic heterocycles. The van der Waals surface area contributed by atoms with Crippen LogP contribution in [0.15, 0.2) is 59.5 Å². The monoisotopic (exact) mass is 366 g/mol. The van der Waals surface area contributed by atoms with Gasteiger partial charge in [0.2, 0.25) is 10.0 Å². The first-order valence-electron chi connectivity index (χ1n) is 8.01. The van der Waals surface area contributed by atoms with Crippen LogP contribution in [0.1, 0.15) is 12.8 Å². The summed E-state index contributed by atoms with van der Waals surface area (Å²) >= 11 is 0. The maximum Gasteiger partial charge on any atom is 0.240 e. The van der Waals surface area contributed by atoms with Gasteiger partial charge in [-0.1, -0.05) is 42.5 Å². The van der Waals surface area contributed by atoms with Crippen molar-refractivity contribution in [2.24, 2.45) is 5.92 Å². The van der Waals surface area contributed by atoms with Gasteiger partial charge in [0.05, 0.1) is 4.90 Å². The molecule has 3 rings (SSSR count). The van der Waals surface area contributed by atoms with Gasteiger partial charge in [0.1, 0.15) is 0 Å². The fourth-order valence-electron chi connectivity index (χ4n) is 2.92. The van der Waals surface area contributed by atoms with Crippen molar-refractivity contribution in [3.63, 3.8) is 0 Å². The number of halogens is 1. The molecule has 1 fully saturated rings. The Balaban J connectivity index is 0.00000208. The van der Waals surface area contributed by atoms with Gasteiger partial charge >= 0.3 is 0 Å². The lowest BCUT2D eigenvalue weighted by atomic mass is 10.1. The summed E-state index contributed by atoms with van der Waals surface area (Å²) in [4.78, 5) is 0.323. The smallest absolute Gasteiger partial charge is 0.240 e. The summed E-state index contributed by atoms with van der Waals surface area (Å²) < 4.78 is 27.7. The summed E-state index contributed by atoms with van der Waals surface area (Å²) in [6.45, 7) is 2.52. The molecule has 0 radical (unpaired) electrons. The van der Waals surface area contributed by atoms with Crippen molar-refractivity contribution >= 4 is 22.4 Å². The Labute approximate surface area is 150 Å². The van der Waals surface area contributed by atoms with Crippen molar-refractivity contribution < 1.29 is 8.42 Å². The largest absolute Gasteiger partial charge is 0.316 e. The lowest BCUT2D eigenvalue weighted by Gasteiger charge is -2.11. The Morgan fingerprint density at radius 1 is 1.04 bits per heavy atom. The minimum absolute atomic E-state index is 0. The molecule has 0 spiro atoms. The first-order valence-corrected chi connectivity index (χ1v) is 9.49. The van der Waals surface area contributed by atoms with Gasteiger partial charge in [-0.3, -0.25) is 0 Å². The molecule has 24 heavy (non-hydrogen) atoms. The molecule has 130 valence electrons. The lowest BCUT2D eigenvalue weighted by Crippen LogP contribution is -2.26. The van der Waals surface area contributed by atoms with E-state index < -0.39 is 10.0 Å². The van der Waals surface area contributed by atoms with Crippen LogP contribution in [0.25, 0.3) is 11.1 Å². The second-order valence-electron chi connectivity index (χ2n) is 5.94. The van der Waals surface area contributed by atoms with Gasteiger partial charge in [0.15, 0.2) is 0 Å². The molecule has 0 saturated carbocycles. The third-order valence-corrected chi connectivity index (χ3v) is 5.72. The van der Waals surface area contributed by atoms with E-state index in [0.29, 0.717) is 17.4 Å². The molecular formula is C18H23ClN2O2S. The zero-order chi connectivity index (χ0) is 16.1. The van der Waals surface area contributed by atoms with Gasteiger partial charge in [-0.2, -0.15) is 0 Å². The van der Waals surface area contributed by atoms with Crippen molar-refractivity contribution in [2.75, 3.05) is 19.6 Å². The maximum absolute atomic E-state index is 12.5. The number of rotatable bonds is 6. The molecule has 2 aromatic carbocycles. The van der Waals surface area contributed by atoms with Gasteiger partial charge in [0, 0.05) is 6.54 Å². The average molecular weight is 367 g/mol. The van der Waals surface area contributed by atoms with Crippen molar-refractivity contribution in [3.8, 4) is 11.1 Å². The molecule has 2 N–H and O–H groups in total. The second-order valence-corrected chi connectivity index (χ2v) is 7.71. The zero-order valence-electron chi connectivity index (χ0n) is 13.4. The van der Waals surface area contributed by atoms with E-state index in [-0.39, 0.29) is 12.4 Å². The molecule has 0 aromatic heterocycles. The van der Waals surface area contributed by atoms with E-state index in [1.807, 2.05) is 36.4 Å². The van der Waals surface area contributed by atoms with Gasteiger partial charge < -0.3 is 5.32 Å². The fraction of sp³-hybridized carbons (Fsp3) is 0.333. The summed E-state index contributed by atoms with van der Waals surface area (Å²) in [5.74, 6) is 0.577. The van der Waals surface area contributed by atoms with Crippen LogP contribution in [0, 0.1) is 5.92 Å². The van der Waals surface area contributed by atoms with E-state index in [2.05, 4.69) is 10.0 Å². The predicted octanol–water partition coefficient (Wildman–Crippen LogP) is 3.05. The molecule has 1 aliphatic rings. The molecule has 2 aromatic rings. The normalized spacial score (nSPS) is 17.4. The molecule has 1 heterocycles. The number of hydrogen-bond donors (Lipinski definition) is 2. The van der Waals surface area contributed by atoms with Crippen LogP contribution in [-0.4, -0.2) is 28.1 Å². The van der Waals surface area contributed by atoms with Crippen LogP contribution in [-0.2, 0) is 10.0 Å². The van der Waals surface area contributed by atoms with Crippen LogP contribution in [0.3, 0.4) is 0 Å². The summed E-state index contributed by atoms with van der Waals surface area (Å²) in [6.07, 6.45) is 2.01. The predicted molar refractivity (Wildman–Crippen MR) is 99.9 cm³/mol. The number of nitrogens with one attached hydrogen (secondary N) is 2. The first kappa shape index (κ1) is 18.9.